The second kappa shape index (κ2) is 4.71. The molecule has 1 aliphatic rings. The van der Waals surface area contributed by atoms with E-state index < -0.39 is 11.7 Å². The predicted octanol–water partition coefficient (Wildman–Crippen LogP) is 3.52. The molecular weight excluding hydrogens is 241 g/mol. The highest BCUT2D eigenvalue weighted by atomic mass is 19.4. The Balaban J connectivity index is 2.24. The van der Waals surface area contributed by atoms with E-state index in [1.807, 2.05) is 0 Å². The summed E-state index contributed by atoms with van der Waals surface area (Å²) in [5, 5.41) is 0. The van der Waals surface area contributed by atoms with Crippen LogP contribution in [0.4, 0.5) is 24.5 Å². The molecule has 2 rings (SSSR count). The zero-order valence-electron chi connectivity index (χ0n) is 10.3. The molecule has 0 radical (unpaired) electrons. The topological polar surface area (TPSA) is 29.3 Å². The second-order valence-electron chi connectivity index (χ2n) is 4.96. The first-order chi connectivity index (χ1) is 8.38. The molecule has 1 fully saturated rings. The maximum absolute atomic E-state index is 12.5. The van der Waals surface area contributed by atoms with E-state index in [4.69, 9.17) is 5.73 Å². The van der Waals surface area contributed by atoms with Crippen LogP contribution in [0, 0.1) is 5.92 Å². The molecule has 1 aliphatic heterocycles. The van der Waals surface area contributed by atoms with Crippen LogP contribution in [-0.4, -0.2) is 13.1 Å². The largest absolute Gasteiger partial charge is 0.416 e. The van der Waals surface area contributed by atoms with Gasteiger partial charge in [-0.15, -0.1) is 0 Å². The molecule has 0 amide bonds. The van der Waals surface area contributed by atoms with Crippen molar-refractivity contribution >= 4 is 11.4 Å². The lowest BCUT2D eigenvalue weighted by molar-refractivity contribution is -0.137. The molecule has 1 saturated heterocycles. The van der Waals surface area contributed by atoms with Gasteiger partial charge in [-0.05, 0) is 37.0 Å². The van der Waals surface area contributed by atoms with Crippen molar-refractivity contribution in [3.05, 3.63) is 23.8 Å². The van der Waals surface area contributed by atoms with Gasteiger partial charge in [0.05, 0.1) is 16.9 Å². The van der Waals surface area contributed by atoms with Crippen LogP contribution < -0.4 is 10.6 Å². The minimum Gasteiger partial charge on any atom is -0.397 e. The van der Waals surface area contributed by atoms with Crippen molar-refractivity contribution < 1.29 is 13.2 Å². The lowest BCUT2D eigenvalue weighted by Gasteiger charge is -2.33. The van der Waals surface area contributed by atoms with Crippen molar-refractivity contribution in [1.82, 2.24) is 0 Å². The second-order valence-corrected chi connectivity index (χ2v) is 4.96. The lowest BCUT2D eigenvalue weighted by Crippen LogP contribution is -2.34. The van der Waals surface area contributed by atoms with E-state index in [2.05, 4.69) is 11.8 Å². The molecule has 2 N–H and O–H groups in total. The Morgan fingerprint density at radius 2 is 2.06 bits per heavy atom. The normalized spacial score (nSPS) is 21.1. The highest BCUT2D eigenvalue weighted by molar-refractivity contribution is 5.68. The van der Waals surface area contributed by atoms with Crippen molar-refractivity contribution in [3.63, 3.8) is 0 Å². The third-order valence-electron chi connectivity index (χ3n) is 3.35. The molecule has 5 heteroatoms. The van der Waals surface area contributed by atoms with Crippen LogP contribution in [0.25, 0.3) is 0 Å². The van der Waals surface area contributed by atoms with E-state index in [0.717, 1.165) is 43.8 Å². The average Bonchev–Trinajstić information content (AvgIpc) is 2.27. The van der Waals surface area contributed by atoms with Gasteiger partial charge in [0.15, 0.2) is 0 Å². The zero-order valence-corrected chi connectivity index (χ0v) is 10.3. The first-order valence-corrected chi connectivity index (χ1v) is 6.09. The molecule has 0 aromatic heterocycles. The van der Waals surface area contributed by atoms with Crippen LogP contribution in [0.2, 0.25) is 0 Å². The summed E-state index contributed by atoms with van der Waals surface area (Å²) in [4.78, 5) is 2.07. The fourth-order valence-corrected chi connectivity index (χ4v) is 2.43. The van der Waals surface area contributed by atoms with Gasteiger partial charge in [-0.2, -0.15) is 13.2 Å². The summed E-state index contributed by atoms with van der Waals surface area (Å²) in [6.07, 6.45) is -2.11. The molecule has 2 nitrogen and oxygen atoms in total. The smallest absolute Gasteiger partial charge is 0.397 e. The fourth-order valence-electron chi connectivity index (χ4n) is 2.43. The lowest BCUT2D eigenvalue weighted by atomic mass is 9.99. The highest BCUT2D eigenvalue weighted by Gasteiger charge is 2.31. The molecule has 18 heavy (non-hydrogen) atoms. The van der Waals surface area contributed by atoms with Crippen LogP contribution in [0.5, 0.6) is 0 Å². The summed E-state index contributed by atoms with van der Waals surface area (Å²) in [5.74, 6) is 0.556. The Kier molecular flexibility index (Phi) is 3.41. The molecule has 0 aliphatic carbocycles. The molecule has 1 aromatic carbocycles. The minimum atomic E-state index is -4.33. The van der Waals surface area contributed by atoms with Crippen molar-refractivity contribution in [2.24, 2.45) is 5.92 Å². The first-order valence-electron chi connectivity index (χ1n) is 6.09. The van der Waals surface area contributed by atoms with E-state index >= 15 is 0 Å². The molecule has 0 saturated carbocycles. The molecule has 1 heterocycles. The highest BCUT2D eigenvalue weighted by Crippen LogP contribution is 2.35. The van der Waals surface area contributed by atoms with E-state index in [1.54, 1.807) is 0 Å². The number of alkyl halides is 3. The number of hydrogen-bond donors (Lipinski definition) is 1. The van der Waals surface area contributed by atoms with Gasteiger partial charge < -0.3 is 10.6 Å². The minimum absolute atomic E-state index is 0.207. The van der Waals surface area contributed by atoms with Crippen molar-refractivity contribution in [2.45, 2.75) is 25.9 Å². The number of rotatable bonds is 1. The van der Waals surface area contributed by atoms with E-state index in [-0.39, 0.29) is 5.69 Å². The van der Waals surface area contributed by atoms with Gasteiger partial charge in [-0.25, -0.2) is 0 Å². The number of nitrogen functional groups attached to an aromatic ring is 1. The van der Waals surface area contributed by atoms with Gasteiger partial charge in [0.2, 0.25) is 0 Å². The summed E-state index contributed by atoms with van der Waals surface area (Å²) >= 11 is 0. The zero-order chi connectivity index (χ0) is 13.3. The Bertz CT molecular complexity index is 429. The Morgan fingerprint density at radius 1 is 1.33 bits per heavy atom. The van der Waals surface area contributed by atoms with Crippen LogP contribution in [0.15, 0.2) is 18.2 Å². The Labute approximate surface area is 105 Å². The summed E-state index contributed by atoms with van der Waals surface area (Å²) in [5.41, 5.74) is 5.99. The predicted molar refractivity (Wildman–Crippen MR) is 66.5 cm³/mol. The van der Waals surface area contributed by atoms with Gasteiger partial charge in [-0.1, -0.05) is 6.92 Å². The summed E-state index contributed by atoms with van der Waals surface area (Å²) < 4.78 is 37.6. The number of halogens is 3. The van der Waals surface area contributed by atoms with Crippen LogP contribution in [0.3, 0.4) is 0 Å². The fraction of sp³-hybridized carbons (Fsp3) is 0.538. The molecule has 1 aromatic rings. The molecule has 0 spiro atoms. The Hall–Kier alpha value is -1.39. The van der Waals surface area contributed by atoms with Crippen molar-refractivity contribution in [1.29, 1.82) is 0 Å². The van der Waals surface area contributed by atoms with Gasteiger partial charge in [-0.3, -0.25) is 0 Å². The quantitative estimate of drug-likeness (QED) is 0.781. The number of benzene rings is 1. The van der Waals surface area contributed by atoms with Gasteiger partial charge in [0.1, 0.15) is 0 Å². The number of nitrogens with zero attached hydrogens (tertiary/aromatic N) is 1. The average molecular weight is 258 g/mol. The number of piperidine rings is 1. The van der Waals surface area contributed by atoms with Gasteiger partial charge >= 0.3 is 6.18 Å². The Morgan fingerprint density at radius 3 is 2.61 bits per heavy atom. The third kappa shape index (κ3) is 2.71. The number of hydrogen-bond acceptors (Lipinski definition) is 2. The molecular formula is C13H17F3N2. The van der Waals surface area contributed by atoms with Gasteiger partial charge in [0.25, 0.3) is 0 Å². The third-order valence-corrected chi connectivity index (χ3v) is 3.35. The maximum Gasteiger partial charge on any atom is 0.416 e. The van der Waals surface area contributed by atoms with Crippen LogP contribution in [-0.2, 0) is 6.18 Å². The number of anilines is 2. The molecule has 0 unspecified atom stereocenters. The van der Waals surface area contributed by atoms with Crippen LogP contribution >= 0.6 is 0 Å². The SMILES string of the molecule is C[C@@H]1CCCN(c2ccc(C(F)(F)F)cc2N)C1. The standard InChI is InChI=1S/C13H17F3N2/c1-9-3-2-6-18(8-9)12-5-4-10(7-11(12)17)13(14,15)16/h4-5,7,9H,2-3,6,8,17H2,1H3/t9-/m1/s1. The summed E-state index contributed by atoms with van der Waals surface area (Å²) in [6, 6.07) is 3.61. The summed E-state index contributed by atoms with van der Waals surface area (Å²) in [7, 11) is 0. The first kappa shape index (κ1) is 13.1. The van der Waals surface area contributed by atoms with Crippen molar-refractivity contribution in [2.75, 3.05) is 23.7 Å². The molecule has 0 bridgehead atoms. The van der Waals surface area contributed by atoms with Crippen LogP contribution in [0.1, 0.15) is 25.3 Å². The molecule has 1 atom stereocenters. The van der Waals surface area contributed by atoms with Gasteiger partial charge in [0, 0.05) is 13.1 Å². The number of nitrogens with two attached hydrogens (primary N) is 1. The van der Waals surface area contributed by atoms with E-state index in [1.165, 1.54) is 6.07 Å². The monoisotopic (exact) mass is 258 g/mol. The van der Waals surface area contributed by atoms with E-state index in [9.17, 15) is 13.2 Å². The maximum atomic E-state index is 12.5. The van der Waals surface area contributed by atoms with Crippen molar-refractivity contribution in [3.8, 4) is 0 Å². The van der Waals surface area contributed by atoms with E-state index in [0.29, 0.717) is 5.92 Å². The summed E-state index contributed by atoms with van der Waals surface area (Å²) in [6.45, 7) is 3.86. The molecule has 100 valence electrons.